The van der Waals surface area contributed by atoms with E-state index in [1.807, 2.05) is 4.90 Å². The van der Waals surface area contributed by atoms with E-state index in [1.165, 1.54) is 0 Å². The minimum absolute atomic E-state index is 0.384. The lowest BCUT2D eigenvalue weighted by Gasteiger charge is -2.27. The number of hydrogen-bond donors (Lipinski definition) is 2. The third-order valence-corrected chi connectivity index (χ3v) is 6.35. The number of benzene rings is 1. The van der Waals surface area contributed by atoms with Crippen LogP contribution >= 0.6 is 23.2 Å². The Bertz CT molecular complexity index is 775. The summed E-state index contributed by atoms with van der Waals surface area (Å²) in [6, 6.07) is 5.31. The third kappa shape index (κ3) is 6.56. The topological polar surface area (TPSA) is 43.7 Å². The Morgan fingerprint density at radius 2 is 1.28 bits per heavy atom. The zero-order valence-electron chi connectivity index (χ0n) is 16.8. The van der Waals surface area contributed by atoms with E-state index in [9.17, 15) is 10.2 Å². The second-order valence-corrected chi connectivity index (χ2v) is 9.08. The Kier molecular flexibility index (Phi) is 7.78. The van der Waals surface area contributed by atoms with Crippen LogP contribution < -0.4 is 4.90 Å². The van der Waals surface area contributed by atoms with Crippen LogP contribution in [0.1, 0.15) is 64.2 Å². The van der Waals surface area contributed by atoms with Gasteiger partial charge in [-0.3, -0.25) is 0 Å². The first-order valence-electron chi connectivity index (χ1n) is 10.5. The fraction of sp³-hybridized carbons (Fsp3) is 0.583. The number of rotatable bonds is 3. The summed E-state index contributed by atoms with van der Waals surface area (Å²) < 4.78 is 0. The van der Waals surface area contributed by atoms with Crippen LogP contribution in [0.2, 0.25) is 10.0 Å². The first-order chi connectivity index (χ1) is 13.9. The smallest absolute Gasteiger partial charge is 0.125 e. The predicted octanol–water partition coefficient (Wildman–Crippen LogP) is 5.20. The van der Waals surface area contributed by atoms with Gasteiger partial charge in [0.25, 0.3) is 0 Å². The molecule has 0 unspecified atom stereocenters. The molecule has 2 fully saturated rings. The maximum absolute atomic E-state index is 10.6. The molecule has 0 aliphatic heterocycles. The van der Waals surface area contributed by atoms with Gasteiger partial charge in [-0.2, -0.15) is 0 Å². The lowest BCUT2D eigenvalue weighted by atomic mass is 9.85. The fourth-order valence-electron chi connectivity index (χ4n) is 4.08. The average molecular weight is 434 g/mol. The summed E-state index contributed by atoms with van der Waals surface area (Å²) in [4.78, 5) is 1.95. The van der Waals surface area contributed by atoms with Crippen molar-refractivity contribution in [3.63, 3.8) is 0 Å². The van der Waals surface area contributed by atoms with Crippen LogP contribution in [0.4, 0.5) is 5.69 Å². The number of halogens is 2. The van der Waals surface area contributed by atoms with Crippen molar-refractivity contribution < 1.29 is 10.2 Å². The molecule has 2 aliphatic carbocycles. The van der Waals surface area contributed by atoms with Gasteiger partial charge in [0.1, 0.15) is 11.2 Å². The molecule has 0 atom stereocenters. The van der Waals surface area contributed by atoms with Gasteiger partial charge in [-0.1, -0.05) is 59.7 Å². The molecule has 29 heavy (non-hydrogen) atoms. The van der Waals surface area contributed by atoms with Crippen molar-refractivity contribution in [3.05, 3.63) is 28.2 Å². The van der Waals surface area contributed by atoms with Crippen LogP contribution in [0.25, 0.3) is 0 Å². The largest absolute Gasteiger partial charge is 0.378 e. The van der Waals surface area contributed by atoms with Crippen molar-refractivity contribution in [1.29, 1.82) is 0 Å². The van der Waals surface area contributed by atoms with Gasteiger partial charge >= 0.3 is 0 Å². The molecule has 156 valence electrons. The Morgan fingerprint density at radius 3 is 1.76 bits per heavy atom. The normalized spacial score (nSPS) is 20.0. The number of aliphatic hydroxyl groups is 2. The molecule has 0 bridgehead atoms. The molecule has 3 nitrogen and oxygen atoms in total. The van der Waals surface area contributed by atoms with Gasteiger partial charge in [0.2, 0.25) is 0 Å². The van der Waals surface area contributed by atoms with E-state index in [1.54, 1.807) is 18.2 Å². The molecule has 0 aromatic heterocycles. The van der Waals surface area contributed by atoms with Gasteiger partial charge in [0.15, 0.2) is 0 Å². The molecule has 0 spiro atoms. The van der Waals surface area contributed by atoms with Crippen LogP contribution in [0, 0.1) is 23.7 Å². The second kappa shape index (κ2) is 10.1. The lowest BCUT2D eigenvalue weighted by Crippen LogP contribution is -2.31. The molecule has 5 heteroatoms. The molecule has 2 saturated carbocycles. The molecule has 1 aromatic rings. The van der Waals surface area contributed by atoms with Crippen molar-refractivity contribution in [2.75, 3.05) is 18.0 Å². The number of hydrogen-bond acceptors (Lipinski definition) is 3. The van der Waals surface area contributed by atoms with Crippen molar-refractivity contribution >= 4 is 28.9 Å². The van der Waals surface area contributed by atoms with Crippen LogP contribution in [0.15, 0.2) is 18.2 Å². The third-order valence-electron chi connectivity index (χ3n) is 5.79. The minimum Gasteiger partial charge on any atom is -0.378 e. The van der Waals surface area contributed by atoms with Gasteiger partial charge < -0.3 is 15.1 Å². The van der Waals surface area contributed by atoms with E-state index in [-0.39, 0.29) is 0 Å². The summed E-state index contributed by atoms with van der Waals surface area (Å²) in [5.74, 6) is 12.4. The van der Waals surface area contributed by atoms with Gasteiger partial charge in [-0.25, -0.2) is 0 Å². The summed E-state index contributed by atoms with van der Waals surface area (Å²) in [5, 5.41) is 22.4. The lowest BCUT2D eigenvalue weighted by molar-refractivity contribution is 0.0606. The zero-order chi connectivity index (χ0) is 20.7. The van der Waals surface area contributed by atoms with E-state index in [0.717, 1.165) is 69.9 Å². The standard InChI is InChI=1S/C24H29Cl2NO2/c25-20-9-10-21(26)22(19-20)27(17-7-15-23(28)11-3-1-4-12-23)18-8-16-24(29)13-5-2-6-14-24/h9-10,19,28-29H,1-6,11-14,17-18H2. The van der Waals surface area contributed by atoms with E-state index in [4.69, 9.17) is 23.2 Å². The Morgan fingerprint density at radius 1 is 0.793 bits per heavy atom. The zero-order valence-corrected chi connectivity index (χ0v) is 18.3. The maximum atomic E-state index is 10.6. The molecular weight excluding hydrogens is 405 g/mol. The summed E-state index contributed by atoms with van der Waals surface area (Å²) >= 11 is 12.6. The van der Waals surface area contributed by atoms with Gasteiger partial charge in [-0.05, 0) is 69.6 Å². The van der Waals surface area contributed by atoms with Crippen molar-refractivity contribution in [3.8, 4) is 23.7 Å². The number of nitrogens with zero attached hydrogens (tertiary/aromatic N) is 1. The highest BCUT2D eigenvalue weighted by atomic mass is 35.5. The van der Waals surface area contributed by atoms with Crippen LogP contribution in [-0.4, -0.2) is 34.5 Å². The Balaban J connectivity index is 1.76. The van der Waals surface area contributed by atoms with E-state index in [0.29, 0.717) is 23.1 Å². The van der Waals surface area contributed by atoms with Gasteiger partial charge in [0.05, 0.1) is 23.8 Å². The molecule has 1 aromatic carbocycles. The quantitative estimate of drug-likeness (QED) is 0.643. The summed E-state index contributed by atoms with van der Waals surface area (Å²) in [5.41, 5.74) is -1.01. The summed E-state index contributed by atoms with van der Waals surface area (Å²) in [6.07, 6.45) is 9.28. The number of anilines is 1. The van der Waals surface area contributed by atoms with Gasteiger partial charge in [0, 0.05) is 5.02 Å². The molecule has 0 amide bonds. The van der Waals surface area contributed by atoms with E-state index < -0.39 is 11.2 Å². The van der Waals surface area contributed by atoms with Gasteiger partial charge in [-0.15, -0.1) is 0 Å². The second-order valence-electron chi connectivity index (χ2n) is 8.24. The Labute approximate surface area is 184 Å². The average Bonchev–Trinajstić information content (AvgIpc) is 2.70. The maximum Gasteiger partial charge on any atom is 0.125 e. The molecular formula is C24H29Cl2NO2. The molecule has 3 rings (SSSR count). The predicted molar refractivity (Wildman–Crippen MR) is 120 cm³/mol. The van der Waals surface area contributed by atoms with E-state index in [2.05, 4.69) is 23.7 Å². The van der Waals surface area contributed by atoms with Crippen molar-refractivity contribution in [2.24, 2.45) is 0 Å². The SMILES string of the molecule is OC1(C#CCN(CC#CC2(O)CCCCC2)c2cc(Cl)ccc2Cl)CCCCC1. The summed E-state index contributed by atoms with van der Waals surface area (Å²) in [7, 11) is 0. The van der Waals surface area contributed by atoms with Crippen molar-refractivity contribution in [1.82, 2.24) is 0 Å². The highest BCUT2D eigenvalue weighted by molar-refractivity contribution is 6.35. The molecule has 2 N–H and O–H groups in total. The van der Waals surface area contributed by atoms with Crippen LogP contribution in [0.3, 0.4) is 0 Å². The first kappa shape index (κ1) is 22.3. The first-order valence-corrected chi connectivity index (χ1v) is 11.3. The highest BCUT2D eigenvalue weighted by Gasteiger charge is 2.27. The van der Waals surface area contributed by atoms with Crippen molar-refractivity contribution in [2.45, 2.75) is 75.4 Å². The van der Waals surface area contributed by atoms with Crippen LogP contribution in [0.5, 0.6) is 0 Å². The molecule has 2 aliphatic rings. The Hall–Kier alpha value is -1.36. The fourth-order valence-corrected chi connectivity index (χ4v) is 4.48. The summed E-state index contributed by atoms with van der Waals surface area (Å²) in [6.45, 7) is 0.769. The monoisotopic (exact) mass is 433 g/mol. The molecule has 0 radical (unpaired) electrons. The highest BCUT2D eigenvalue weighted by Crippen LogP contribution is 2.30. The van der Waals surface area contributed by atoms with Crippen LogP contribution in [-0.2, 0) is 0 Å². The van der Waals surface area contributed by atoms with E-state index >= 15 is 0 Å². The molecule has 0 heterocycles. The molecule has 0 saturated heterocycles. The minimum atomic E-state index is -0.884.